The van der Waals surface area contributed by atoms with Crippen LogP contribution in [0, 0.1) is 12.7 Å². The third kappa shape index (κ3) is 4.01. The maximum absolute atomic E-state index is 13.1. The van der Waals surface area contributed by atoms with Crippen molar-refractivity contribution >= 4 is 15.9 Å². The van der Waals surface area contributed by atoms with Gasteiger partial charge < -0.3 is 4.90 Å². The molecule has 0 fully saturated rings. The first-order valence-electron chi connectivity index (χ1n) is 6.35. The summed E-state index contributed by atoms with van der Waals surface area (Å²) in [4.78, 5) is 13.2. The zero-order valence-corrected chi connectivity index (χ0v) is 12.6. The van der Waals surface area contributed by atoms with Gasteiger partial charge in [0.25, 0.3) is 0 Å². The highest BCUT2D eigenvalue weighted by atomic mass is 32.2. The zero-order chi connectivity index (χ0) is 15.3. The average molecular weight is 302 g/mol. The van der Waals surface area contributed by atoms with Gasteiger partial charge in [0.1, 0.15) is 5.82 Å². The monoisotopic (exact) mass is 302 g/mol. The van der Waals surface area contributed by atoms with Crippen molar-refractivity contribution in [2.75, 3.05) is 19.6 Å². The van der Waals surface area contributed by atoms with Gasteiger partial charge in [0.2, 0.25) is 15.9 Å². The summed E-state index contributed by atoms with van der Waals surface area (Å²) < 4.78 is 39.3. The highest BCUT2D eigenvalue weighted by Crippen LogP contribution is 2.13. The fourth-order valence-corrected chi connectivity index (χ4v) is 2.77. The number of likely N-dealkylation sites (N-methyl/N-ethyl adjacent to an activating group) is 1. The average Bonchev–Trinajstić information content (AvgIpc) is 2.41. The second-order valence-corrected chi connectivity index (χ2v) is 6.07. The molecule has 0 radical (unpaired) electrons. The molecule has 0 bridgehead atoms. The van der Waals surface area contributed by atoms with Crippen LogP contribution in [0.1, 0.15) is 19.4 Å². The van der Waals surface area contributed by atoms with Gasteiger partial charge in [-0.25, -0.2) is 17.5 Å². The Balaban J connectivity index is 2.80. The number of sulfonamides is 1. The maximum atomic E-state index is 13.1. The summed E-state index contributed by atoms with van der Waals surface area (Å²) in [6, 6.07) is 3.50. The van der Waals surface area contributed by atoms with Crippen molar-refractivity contribution in [2.24, 2.45) is 0 Å². The van der Waals surface area contributed by atoms with E-state index in [2.05, 4.69) is 4.72 Å². The van der Waals surface area contributed by atoms with Crippen LogP contribution in [0.15, 0.2) is 23.1 Å². The van der Waals surface area contributed by atoms with Crippen molar-refractivity contribution in [3.63, 3.8) is 0 Å². The van der Waals surface area contributed by atoms with Crippen LogP contribution in [-0.2, 0) is 14.8 Å². The van der Waals surface area contributed by atoms with E-state index in [1.54, 1.807) is 0 Å². The van der Waals surface area contributed by atoms with Crippen LogP contribution in [0.5, 0.6) is 0 Å². The Hall–Kier alpha value is -1.47. The van der Waals surface area contributed by atoms with Crippen LogP contribution in [0.25, 0.3) is 0 Å². The molecule has 7 heteroatoms. The highest BCUT2D eigenvalue weighted by molar-refractivity contribution is 7.89. The summed E-state index contributed by atoms with van der Waals surface area (Å²) in [6.45, 7) is 5.85. The summed E-state index contributed by atoms with van der Waals surface area (Å²) in [6.07, 6.45) is 0. The van der Waals surface area contributed by atoms with Gasteiger partial charge >= 0.3 is 0 Å². The van der Waals surface area contributed by atoms with E-state index < -0.39 is 15.8 Å². The molecule has 0 aliphatic heterocycles. The molecule has 5 nitrogen and oxygen atoms in total. The van der Waals surface area contributed by atoms with Crippen molar-refractivity contribution in [1.29, 1.82) is 0 Å². The van der Waals surface area contributed by atoms with Crippen molar-refractivity contribution in [1.82, 2.24) is 9.62 Å². The molecule has 1 aromatic rings. The molecule has 20 heavy (non-hydrogen) atoms. The molecule has 112 valence electrons. The Labute approximate surface area is 118 Å². The van der Waals surface area contributed by atoms with Crippen molar-refractivity contribution in [2.45, 2.75) is 25.7 Å². The number of aryl methyl sites for hydroxylation is 1. The van der Waals surface area contributed by atoms with E-state index in [1.165, 1.54) is 24.0 Å². The number of benzene rings is 1. The number of hydrogen-bond donors (Lipinski definition) is 1. The summed E-state index contributed by atoms with van der Waals surface area (Å²) in [5.41, 5.74) is 0.239. The van der Waals surface area contributed by atoms with Crippen LogP contribution in [0.2, 0.25) is 0 Å². The third-order valence-corrected chi connectivity index (χ3v) is 4.37. The minimum atomic E-state index is -3.81. The van der Waals surface area contributed by atoms with Gasteiger partial charge in [0, 0.05) is 13.1 Å². The lowest BCUT2D eigenvalue weighted by molar-refractivity contribution is -0.129. The molecule has 0 aliphatic rings. The third-order valence-electron chi connectivity index (χ3n) is 2.97. The van der Waals surface area contributed by atoms with Gasteiger partial charge in [0.15, 0.2) is 0 Å². The number of nitrogens with one attached hydrogen (secondary N) is 1. The van der Waals surface area contributed by atoms with Gasteiger partial charge in [-0.3, -0.25) is 4.79 Å². The molecule has 0 saturated heterocycles. The number of carbonyl (C=O) groups excluding carboxylic acids is 1. The number of hydrogen-bond acceptors (Lipinski definition) is 3. The van der Waals surface area contributed by atoms with Crippen LogP contribution in [-0.4, -0.2) is 38.9 Å². The number of nitrogens with zero attached hydrogens (tertiary/aromatic N) is 1. The lowest BCUT2D eigenvalue weighted by atomic mass is 10.2. The second-order valence-electron chi connectivity index (χ2n) is 4.30. The predicted octanol–water partition coefficient (Wildman–Crippen LogP) is 1.28. The quantitative estimate of drug-likeness (QED) is 0.861. The van der Waals surface area contributed by atoms with Crippen LogP contribution in [0.4, 0.5) is 4.39 Å². The first-order valence-corrected chi connectivity index (χ1v) is 7.83. The maximum Gasteiger partial charge on any atom is 0.241 e. The van der Waals surface area contributed by atoms with E-state index in [-0.39, 0.29) is 22.9 Å². The first kappa shape index (κ1) is 16.6. The number of carbonyl (C=O) groups is 1. The zero-order valence-electron chi connectivity index (χ0n) is 11.8. The Morgan fingerprint density at radius 3 is 2.40 bits per heavy atom. The highest BCUT2D eigenvalue weighted by Gasteiger charge is 2.18. The Bertz CT molecular complexity index is 583. The molecular weight excluding hydrogens is 283 g/mol. The van der Waals surface area contributed by atoms with Gasteiger partial charge in [-0.2, -0.15) is 0 Å². The van der Waals surface area contributed by atoms with E-state index >= 15 is 0 Å². The van der Waals surface area contributed by atoms with Crippen molar-refractivity contribution in [3.8, 4) is 0 Å². The van der Waals surface area contributed by atoms with E-state index in [4.69, 9.17) is 0 Å². The first-order chi connectivity index (χ1) is 9.31. The fraction of sp³-hybridized carbons (Fsp3) is 0.462. The molecule has 0 atom stereocenters. The van der Waals surface area contributed by atoms with E-state index in [0.717, 1.165) is 6.07 Å². The van der Waals surface area contributed by atoms with Gasteiger partial charge in [0.05, 0.1) is 11.4 Å². The van der Waals surface area contributed by atoms with E-state index in [1.807, 2.05) is 13.8 Å². The Morgan fingerprint density at radius 2 is 1.90 bits per heavy atom. The van der Waals surface area contributed by atoms with E-state index in [0.29, 0.717) is 13.1 Å². The summed E-state index contributed by atoms with van der Waals surface area (Å²) >= 11 is 0. The van der Waals surface area contributed by atoms with Gasteiger partial charge in [-0.15, -0.1) is 0 Å². The van der Waals surface area contributed by atoms with E-state index in [9.17, 15) is 17.6 Å². The molecule has 0 aromatic heterocycles. The molecule has 1 aromatic carbocycles. The largest absolute Gasteiger partial charge is 0.342 e. The topological polar surface area (TPSA) is 66.5 Å². The van der Waals surface area contributed by atoms with Gasteiger partial charge in [-0.1, -0.05) is 0 Å². The molecule has 0 aliphatic carbocycles. The van der Waals surface area contributed by atoms with Gasteiger partial charge in [-0.05, 0) is 44.5 Å². The summed E-state index contributed by atoms with van der Waals surface area (Å²) in [7, 11) is -3.81. The predicted molar refractivity (Wildman–Crippen MR) is 74.3 cm³/mol. The lowest BCUT2D eigenvalue weighted by Gasteiger charge is -2.18. The molecule has 1 amide bonds. The van der Waals surface area contributed by atoms with Crippen LogP contribution < -0.4 is 4.72 Å². The number of rotatable bonds is 6. The second kappa shape index (κ2) is 6.81. The van der Waals surface area contributed by atoms with Crippen LogP contribution >= 0.6 is 0 Å². The minimum absolute atomic E-state index is 0.0521. The summed E-state index contributed by atoms with van der Waals surface area (Å²) in [5, 5.41) is 0. The molecule has 0 saturated carbocycles. The molecule has 1 rings (SSSR count). The molecule has 1 N–H and O–H groups in total. The Morgan fingerprint density at radius 1 is 1.30 bits per heavy atom. The van der Waals surface area contributed by atoms with Crippen molar-refractivity contribution < 1.29 is 17.6 Å². The lowest BCUT2D eigenvalue weighted by Crippen LogP contribution is -2.39. The normalized spacial score (nSPS) is 11.4. The van der Waals surface area contributed by atoms with Crippen molar-refractivity contribution in [3.05, 3.63) is 29.6 Å². The molecule has 0 unspecified atom stereocenters. The standard InChI is InChI=1S/C13H19FN2O3S/c1-4-16(5-2)13(17)9-15-20(18,19)11-6-7-12(14)10(3)8-11/h6-8,15H,4-5,9H2,1-3H3. The summed E-state index contributed by atoms with van der Waals surface area (Å²) in [5.74, 6) is -0.763. The van der Waals surface area contributed by atoms with Crippen LogP contribution in [0.3, 0.4) is 0 Å². The Kier molecular flexibility index (Phi) is 5.64. The smallest absolute Gasteiger partial charge is 0.241 e. The minimum Gasteiger partial charge on any atom is -0.342 e. The number of halogens is 1. The number of amides is 1. The SMILES string of the molecule is CCN(CC)C(=O)CNS(=O)(=O)c1ccc(F)c(C)c1. The molecule has 0 spiro atoms. The molecule has 0 heterocycles. The molecular formula is C13H19FN2O3S. The fourth-order valence-electron chi connectivity index (χ4n) is 1.71.